The first-order valence-corrected chi connectivity index (χ1v) is 6.54. The summed E-state index contributed by atoms with van der Waals surface area (Å²) in [5, 5.41) is 0.572. The van der Waals surface area contributed by atoms with E-state index in [2.05, 4.69) is 22.6 Å². The molecule has 4 bridgehead atoms. The molecule has 0 nitrogen and oxygen atoms in total. The third-order valence-electron chi connectivity index (χ3n) is 5.23. The molecule has 0 spiro atoms. The Morgan fingerprint density at radius 3 is 1.64 bits per heavy atom. The van der Waals surface area contributed by atoms with E-state index in [1.165, 1.54) is 0 Å². The summed E-state index contributed by atoms with van der Waals surface area (Å²) >= 11 is 0. The summed E-state index contributed by atoms with van der Waals surface area (Å²) in [7, 11) is 4.94. The lowest BCUT2D eigenvalue weighted by Crippen LogP contribution is -2.49. The molecule has 0 amide bonds. The average molecular weight is 188 g/mol. The summed E-state index contributed by atoms with van der Waals surface area (Å²) in [5.74, 6) is 5.53. The first-order chi connectivity index (χ1) is 6.54. The van der Waals surface area contributed by atoms with Crippen molar-refractivity contribution in [2.45, 2.75) is 44.2 Å². The van der Waals surface area contributed by atoms with Gasteiger partial charge in [-0.2, -0.15) is 0 Å². The van der Waals surface area contributed by atoms with Gasteiger partial charge in [-0.3, -0.25) is 0 Å². The molecule has 4 aliphatic carbocycles. The molecule has 0 N–H and O–H groups in total. The Bertz CT molecular complexity index is 213. The van der Waals surface area contributed by atoms with E-state index in [1.54, 1.807) is 32.1 Å². The van der Waals surface area contributed by atoms with Crippen LogP contribution in [0.3, 0.4) is 0 Å². The number of rotatable bonds is 1. The summed E-state index contributed by atoms with van der Waals surface area (Å²) in [6.45, 7) is 2.47. The van der Waals surface area contributed by atoms with E-state index < -0.39 is 0 Å². The smallest absolute Gasteiger partial charge is 0.0840 e. The lowest BCUT2D eigenvalue weighted by molar-refractivity contribution is -0.0424. The fourth-order valence-electron chi connectivity index (χ4n) is 5.34. The van der Waals surface area contributed by atoms with Crippen LogP contribution in [0.1, 0.15) is 39.0 Å². The van der Waals surface area contributed by atoms with Crippen LogP contribution in [0.25, 0.3) is 0 Å². The molecule has 0 saturated heterocycles. The van der Waals surface area contributed by atoms with Crippen molar-refractivity contribution in [3.8, 4) is 0 Å². The molecule has 0 heterocycles. The molecule has 2 heteroatoms. The van der Waals surface area contributed by atoms with Crippen LogP contribution in [0.5, 0.6) is 0 Å². The third-order valence-corrected chi connectivity index (χ3v) is 5.23. The average Bonchev–Trinajstić information content (AvgIpc) is 1.97. The first kappa shape index (κ1) is 9.36. The maximum absolute atomic E-state index is 2.47. The monoisotopic (exact) mass is 188 g/mol. The Hall–Kier alpha value is 0.130. The second kappa shape index (κ2) is 2.83. The Morgan fingerprint density at radius 2 is 1.29 bits per heavy atom. The molecule has 0 aromatic heterocycles. The van der Waals surface area contributed by atoms with Crippen molar-refractivity contribution in [1.82, 2.24) is 0 Å². The number of hydrogen-bond acceptors (Lipinski definition) is 0. The van der Waals surface area contributed by atoms with Gasteiger partial charge in [0.25, 0.3) is 0 Å². The molecule has 0 aliphatic heterocycles. The molecule has 0 unspecified atom stereocenters. The maximum atomic E-state index is 2.47. The standard InChI is InChI=1S/C12H22B2/c1-12(13,14)11-9-3-7-2-8(5-9)6-10(11)4-7/h7-11H,2-6,13-14H2,1H3. The van der Waals surface area contributed by atoms with Crippen LogP contribution in [0.15, 0.2) is 0 Å². The molecule has 14 heavy (non-hydrogen) atoms. The van der Waals surface area contributed by atoms with Crippen molar-refractivity contribution in [1.29, 1.82) is 0 Å². The summed E-state index contributed by atoms with van der Waals surface area (Å²) in [6, 6.07) is 0. The first-order valence-electron chi connectivity index (χ1n) is 6.54. The molecular formula is C12H22B2. The van der Waals surface area contributed by atoms with Gasteiger partial charge in [0, 0.05) is 0 Å². The third kappa shape index (κ3) is 1.29. The SMILES string of the molecule is BC(B)(C)C1C2CC3CC(C2)CC1C3. The lowest BCUT2D eigenvalue weighted by atomic mass is 9.38. The van der Waals surface area contributed by atoms with E-state index in [4.69, 9.17) is 0 Å². The van der Waals surface area contributed by atoms with Crippen molar-refractivity contribution >= 4 is 15.7 Å². The quantitative estimate of drug-likeness (QED) is 0.546. The zero-order valence-electron chi connectivity index (χ0n) is 9.92. The molecule has 0 atom stereocenters. The Balaban J connectivity index is 1.88. The maximum Gasteiger partial charge on any atom is 0.0992 e. The normalized spacial score (nSPS) is 51.1. The van der Waals surface area contributed by atoms with Crippen LogP contribution in [-0.4, -0.2) is 15.7 Å². The highest BCUT2D eigenvalue weighted by Crippen LogP contribution is 2.61. The van der Waals surface area contributed by atoms with E-state index in [0.717, 1.165) is 29.6 Å². The second-order valence-corrected chi connectivity index (χ2v) is 7.32. The summed E-state index contributed by atoms with van der Waals surface area (Å²) in [5.41, 5.74) is 0. The van der Waals surface area contributed by atoms with Crippen LogP contribution in [0.2, 0.25) is 5.21 Å². The highest BCUT2D eigenvalue weighted by molar-refractivity contribution is 6.39. The van der Waals surface area contributed by atoms with Crippen molar-refractivity contribution in [3.05, 3.63) is 0 Å². The highest BCUT2D eigenvalue weighted by atomic mass is 14.5. The molecule has 0 aromatic rings. The van der Waals surface area contributed by atoms with Crippen LogP contribution in [0.4, 0.5) is 0 Å². The molecular weight excluding hydrogens is 166 g/mol. The van der Waals surface area contributed by atoms with Crippen molar-refractivity contribution in [2.75, 3.05) is 0 Å². The van der Waals surface area contributed by atoms with Gasteiger partial charge >= 0.3 is 0 Å². The minimum absolute atomic E-state index is 0.572. The zero-order chi connectivity index (χ0) is 9.92. The molecule has 4 aliphatic rings. The van der Waals surface area contributed by atoms with Gasteiger partial charge < -0.3 is 0 Å². The highest BCUT2D eigenvalue weighted by Gasteiger charge is 2.51. The predicted octanol–water partition coefficient (Wildman–Crippen LogP) is 1.46. The molecule has 0 radical (unpaired) electrons. The van der Waals surface area contributed by atoms with Gasteiger partial charge in [-0.25, -0.2) is 0 Å². The summed E-state index contributed by atoms with van der Waals surface area (Å²) < 4.78 is 0. The van der Waals surface area contributed by atoms with E-state index in [1.807, 2.05) is 0 Å². The van der Waals surface area contributed by atoms with E-state index in [9.17, 15) is 0 Å². The van der Waals surface area contributed by atoms with Crippen molar-refractivity contribution < 1.29 is 0 Å². The Kier molecular flexibility index (Phi) is 1.89. The van der Waals surface area contributed by atoms with Crippen molar-refractivity contribution in [3.63, 3.8) is 0 Å². The van der Waals surface area contributed by atoms with Crippen LogP contribution < -0.4 is 0 Å². The molecule has 4 rings (SSSR count). The van der Waals surface area contributed by atoms with Gasteiger partial charge in [0.05, 0.1) is 15.7 Å². The van der Waals surface area contributed by atoms with Crippen molar-refractivity contribution in [2.24, 2.45) is 29.6 Å². The Labute approximate surface area is 90.0 Å². The molecule has 4 fully saturated rings. The van der Waals surface area contributed by atoms with Crippen LogP contribution >= 0.6 is 0 Å². The number of hydrogen-bond donors (Lipinski definition) is 0. The predicted molar refractivity (Wildman–Crippen MR) is 66.0 cm³/mol. The van der Waals surface area contributed by atoms with Gasteiger partial charge in [-0.05, 0) is 61.7 Å². The summed E-state index contributed by atoms with van der Waals surface area (Å²) in [4.78, 5) is 0. The van der Waals surface area contributed by atoms with Gasteiger partial charge in [0.2, 0.25) is 0 Å². The topological polar surface area (TPSA) is 0 Å². The summed E-state index contributed by atoms with van der Waals surface area (Å²) in [6.07, 6.45) is 7.90. The van der Waals surface area contributed by atoms with E-state index in [0.29, 0.717) is 5.21 Å². The largest absolute Gasteiger partial charge is 0.0992 e. The second-order valence-electron chi connectivity index (χ2n) is 7.32. The van der Waals surface area contributed by atoms with Gasteiger partial charge in [-0.1, -0.05) is 12.1 Å². The van der Waals surface area contributed by atoms with Crippen LogP contribution in [0, 0.1) is 29.6 Å². The van der Waals surface area contributed by atoms with E-state index in [-0.39, 0.29) is 0 Å². The van der Waals surface area contributed by atoms with E-state index >= 15 is 0 Å². The fourth-order valence-corrected chi connectivity index (χ4v) is 5.34. The zero-order valence-corrected chi connectivity index (χ0v) is 9.92. The molecule has 0 aromatic carbocycles. The molecule has 76 valence electrons. The minimum atomic E-state index is 0.572. The van der Waals surface area contributed by atoms with Crippen LogP contribution in [-0.2, 0) is 0 Å². The molecule has 4 saturated carbocycles. The lowest BCUT2D eigenvalue weighted by Gasteiger charge is -2.58. The van der Waals surface area contributed by atoms with Gasteiger partial charge in [0.15, 0.2) is 0 Å². The fraction of sp³-hybridized carbons (Fsp3) is 1.00. The minimum Gasteiger partial charge on any atom is -0.0840 e. The van der Waals surface area contributed by atoms with Gasteiger partial charge in [0.1, 0.15) is 0 Å². The van der Waals surface area contributed by atoms with Gasteiger partial charge in [-0.15, -0.1) is 0 Å². The Morgan fingerprint density at radius 1 is 0.857 bits per heavy atom.